The van der Waals surface area contributed by atoms with Crippen LogP contribution in [-0.2, 0) is 4.79 Å². The number of rotatable bonds is 5. The zero-order valence-electron chi connectivity index (χ0n) is 12.0. The molecule has 1 unspecified atom stereocenters. The van der Waals surface area contributed by atoms with E-state index in [2.05, 4.69) is 20.5 Å². The predicted octanol–water partition coefficient (Wildman–Crippen LogP) is 2.57. The quantitative estimate of drug-likeness (QED) is 0.851. The van der Waals surface area contributed by atoms with Crippen LogP contribution < -0.4 is 5.32 Å². The Kier molecular flexibility index (Phi) is 3.99. The minimum Gasteiger partial charge on any atom is -0.410 e. The summed E-state index contributed by atoms with van der Waals surface area (Å²) in [5, 5.41) is 12.1. The van der Waals surface area contributed by atoms with Gasteiger partial charge in [-0.1, -0.05) is 11.8 Å². The molecule has 0 saturated heterocycles. The fraction of sp³-hybridized carbons (Fsp3) is 0.538. The highest BCUT2D eigenvalue weighted by atomic mass is 32.2. The summed E-state index contributed by atoms with van der Waals surface area (Å²) in [5.41, 5.74) is 0.886. The molecule has 0 spiro atoms. The van der Waals surface area contributed by atoms with Gasteiger partial charge >= 0.3 is 0 Å². The van der Waals surface area contributed by atoms with E-state index >= 15 is 0 Å². The standard InChI is InChI=1S/C13H16N4O2S2/c1-6-10(21-8(3)14-6)12-16-17-13(19-12)20-7(2)11(18)15-9-4-5-9/h7,9H,4-5H2,1-3H3,(H,15,18). The van der Waals surface area contributed by atoms with E-state index in [1.807, 2.05) is 20.8 Å². The average molecular weight is 324 g/mol. The molecule has 0 bridgehead atoms. The summed E-state index contributed by atoms with van der Waals surface area (Å²) < 4.78 is 5.64. The van der Waals surface area contributed by atoms with Crippen molar-refractivity contribution in [3.8, 4) is 10.8 Å². The maximum atomic E-state index is 11.9. The van der Waals surface area contributed by atoms with Crippen LogP contribution in [0.1, 0.15) is 30.5 Å². The lowest BCUT2D eigenvalue weighted by Gasteiger charge is -2.08. The van der Waals surface area contributed by atoms with Gasteiger partial charge in [0.1, 0.15) is 4.88 Å². The Morgan fingerprint density at radius 2 is 2.19 bits per heavy atom. The van der Waals surface area contributed by atoms with Crippen molar-refractivity contribution in [2.45, 2.75) is 50.1 Å². The van der Waals surface area contributed by atoms with Crippen molar-refractivity contribution in [2.24, 2.45) is 0 Å². The lowest BCUT2D eigenvalue weighted by molar-refractivity contribution is -0.120. The molecule has 1 aliphatic rings. The highest BCUT2D eigenvalue weighted by Crippen LogP contribution is 2.31. The van der Waals surface area contributed by atoms with Crippen molar-refractivity contribution in [1.29, 1.82) is 0 Å². The molecule has 1 fully saturated rings. The highest BCUT2D eigenvalue weighted by molar-refractivity contribution is 8.00. The van der Waals surface area contributed by atoms with E-state index < -0.39 is 0 Å². The second kappa shape index (κ2) is 5.76. The second-order valence-corrected chi connectivity index (χ2v) is 7.56. The number of thioether (sulfide) groups is 1. The molecule has 1 atom stereocenters. The van der Waals surface area contributed by atoms with Crippen LogP contribution in [0.25, 0.3) is 10.8 Å². The van der Waals surface area contributed by atoms with Gasteiger partial charge in [0.15, 0.2) is 0 Å². The Balaban J connectivity index is 1.67. The van der Waals surface area contributed by atoms with Gasteiger partial charge in [0.05, 0.1) is 16.0 Å². The van der Waals surface area contributed by atoms with Crippen LogP contribution in [0.15, 0.2) is 9.64 Å². The van der Waals surface area contributed by atoms with Crippen LogP contribution in [0.3, 0.4) is 0 Å². The molecule has 1 aliphatic carbocycles. The van der Waals surface area contributed by atoms with Crippen LogP contribution in [0.4, 0.5) is 0 Å². The third kappa shape index (κ3) is 3.44. The first-order valence-corrected chi connectivity index (χ1v) is 8.47. The first-order chi connectivity index (χ1) is 10.0. The van der Waals surface area contributed by atoms with Crippen molar-refractivity contribution in [3.05, 3.63) is 10.7 Å². The van der Waals surface area contributed by atoms with E-state index in [1.54, 1.807) is 0 Å². The smallest absolute Gasteiger partial charge is 0.277 e. The lowest BCUT2D eigenvalue weighted by Crippen LogP contribution is -2.32. The number of aryl methyl sites for hydroxylation is 2. The lowest BCUT2D eigenvalue weighted by atomic mass is 10.4. The minimum atomic E-state index is -0.247. The molecular weight excluding hydrogens is 308 g/mol. The molecule has 2 aromatic rings. The Labute approximate surface area is 130 Å². The summed E-state index contributed by atoms with van der Waals surface area (Å²) in [5.74, 6) is 0.488. The van der Waals surface area contributed by atoms with Gasteiger partial charge in [-0.05, 0) is 33.6 Å². The Bertz CT molecular complexity index is 663. The summed E-state index contributed by atoms with van der Waals surface area (Å²) in [6, 6.07) is 0.363. The number of aromatic nitrogens is 3. The zero-order valence-corrected chi connectivity index (χ0v) is 13.7. The molecule has 0 aromatic carbocycles. The van der Waals surface area contributed by atoms with Crippen LogP contribution in [-0.4, -0.2) is 32.4 Å². The molecule has 6 nitrogen and oxygen atoms in total. The monoisotopic (exact) mass is 324 g/mol. The maximum absolute atomic E-state index is 11.9. The fourth-order valence-electron chi connectivity index (χ4n) is 1.83. The van der Waals surface area contributed by atoms with E-state index in [0.29, 0.717) is 17.2 Å². The number of hydrogen-bond donors (Lipinski definition) is 1. The molecule has 2 aromatic heterocycles. The zero-order chi connectivity index (χ0) is 15.0. The van der Waals surface area contributed by atoms with Crippen LogP contribution in [0, 0.1) is 13.8 Å². The molecule has 112 valence electrons. The maximum Gasteiger partial charge on any atom is 0.277 e. The van der Waals surface area contributed by atoms with Crippen molar-refractivity contribution >= 4 is 29.0 Å². The molecule has 1 saturated carbocycles. The van der Waals surface area contributed by atoms with Crippen LogP contribution in [0.2, 0.25) is 0 Å². The van der Waals surface area contributed by atoms with Gasteiger partial charge in [0, 0.05) is 6.04 Å². The topological polar surface area (TPSA) is 80.9 Å². The summed E-state index contributed by atoms with van der Waals surface area (Å²) in [6.45, 7) is 5.70. The van der Waals surface area contributed by atoms with Gasteiger partial charge < -0.3 is 9.73 Å². The Morgan fingerprint density at radius 3 is 2.81 bits per heavy atom. The second-order valence-electron chi connectivity index (χ2n) is 5.06. The predicted molar refractivity (Wildman–Crippen MR) is 81.4 cm³/mol. The van der Waals surface area contributed by atoms with Gasteiger partial charge in [-0.3, -0.25) is 4.79 Å². The number of thiazole rings is 1. The van der Waals surface area contributed by atoms with Gasteiger partial charge in [0.25, 0.3) is 11.1 Å². The highest BCUT2D eigenvalue weighted by Gasteiger charge is 2.27. The SMILES string of the molecule is Cc1nc(C)c(-c2nnc(SC(C)C(=O)NC3CC3)o2)s1. The third-order valence-corrected chi connectivity index (χ3v) is 5.07. The third-order valence-electron chi connectivity index (χ3n) is 3.07. The minimum absolute atomic E-state index is 0.0204. The summed E-state index contributed by atoms with van der Waals surface area (Å²) in [7, 11) is 0. The Morgan fingerprint density at radius 1 is 1.43 bits per heavy atom. The molecular formula is C13H16N4O2S2. The van der Waals surface area contributed by atoms with Gasteiger partial charge in [-0.2, -0.15) is 0 Å². The van der Waals surface area contributed by atoms with Gasteiger partial charge in [0.2, 0.25) is 5.91 Å². The molecule has 0 radical (unpaired) electrons. The van der Waals surface area contributed by atoms with Gasteiger partial charge in [-0.25, -0.2) is 4.98 Å². The number of nitrogens with one attached hydrogen (secondary N) is 1. The first-order valence-electron chi connectivity index (χ1n) is 6.78. The number of nitrogens with zero attached hydrogens (tertiary/aromatic N) is 3. The normalized spacial score (nSPS) is 16.0. The average Bonchev–Trinajstić information content (AvgIpc) is 3.01. The molecule has 2 heterocycles. The van der Waals surface area contributed by atoms with Crippen molar-refractivity contribution in [2.75, 3.05) is 0 Å². The first kappa shape index (κ1) is 14.5. The van der Waals surface area contributed by atoms with Crippen LogP contribution >= 0.6 is 23.1 Å². The molecule has 1 amide bonds. The number of carbonyl (C=O) groups is 1. The summed E-state index contributed by atoms with van der Waals surface area (Å²) in [6.07, 6.45) is 2.16. The van der Waals surface area contributed by atoms with E-state index in [9.17, 15) is 4.79 Å². The number of hydrogen-bond acceptors (Lipinski definition) is 7. The molecule has 3 rings (SSSR count). The van der Waals surface area contributed by atoms with Crippen LogP contribution in [0.5, 0.6) is 0 Å². The van der Waals surface area contributed by atoms with E-state index in [1.165, 1.54) is 23.1 Å². The number of carbonyl (C=O) groups excluding carboxylic acids is 1. The molecule has 0 aliphatic heterocycles. The van der Waals surface area contributed by atoms with E-state index in [-0.39, 0.29) is 11.2 Å². The number of amides is 1. The summed E-state index contributed by atoms with van der Waals surface area (Å²) in [4.78, 5) is 17.1. The summed E-state index contributed by atoms with van der Waals surface area (Å²) >= 11 is 2.81. The fourth-order valence-corrected chi connectivity index (χ4v) is 3.36. The molecule has 1 N–H and O–H groups in total. The van der Waals surface area contributed by atoms with Gasteiger partial charge in [-0.15, -0.1) is 21.5 Å². The van der Waals surface area contributed by atoms with E-state index in [4.69, 9.17) is 4.42 Å². The Hall–Kier alpha value is -1.41. The van der Waals surface area contributed by atoms with Crippen molar-refractivity contribution in [1.82, 2.24) is 20.5 Å². The van der Waals surface area contributed by atoms with Crippen molar-refractivity contribution in [3.63, 3.8) is 0 Å². The molecule has 8 heteroatoms. The largest absolute Gasteiger partial charge is 0.410 e. The molecule has 21 heavy (non-hydrogen) atoms. The van der Waals surface area contributed by atoms with Crippen molar-refractivity contribution < 1.29 is 9.21 Å². The van der Waals surface area contributed by atoms with E-state index in [0.717, 1.165) is 28.4 Å².